The lowest BCUT2D eigenvalue weighted by Crippen LogP contribution is -2.45. The molecule has 1 unspecified atom stereocenters. The second kappa shape index (κ2) is 8.59. The number of carbonyl (C=O) groups is 1. The molecule has 0 radical (unpaired) electrons. The average molecular weight is 464 g/mol. The second-order valence-electron chi connectivity index (χ2n) is 7.53. The van der Waals surface area contributed by atoms with Gasteiger partial charge < -0.3 is 9.84 Å². The van der Waals surface area contributed by atoms with Crippen molar-refractivity contribution in [1.29, 1.82) is 0 Å². The number of amides is 2. The molecule has 1 atom stereocenters. The highest BCUT2D eigenvalue weighted by Crippen LogP contribution is 2.38. The number of aromatic nitrogens is 2. The Kier molecular flexibility index (Phi) is 5.47. The molecule has 0 aliphatic carbocycles. The Bertz CT molecular complexity index is 1320. The highest BCUT2D eigenvalue weighted by atomic mass is 32.1. The van der Waals surface area contributed by atoms with Crippen molar-refractivity contribution in [1.82, 2.24) is 20.4 Å². The standard InChI is InChI=1S/C24H18F2N4O2S/c1-14-20(23-28-22(29-32-23)16-6-10-18(26)11-7-16)21(15-4-8-17(25)9-5-15)27-24(31)30(14)13-19-3-2-12-33-19/h2-12,21H,13H2,1H3,(H,27,31). The molecule has 4 aromatic rings. The predicted octanol–water partition coefficient (Wildman–Crippen LogP) is 5.77. The molecule has 2 aromatic heterocycles. The lowest BCUT2D eigenvalue weighted by Gasteiger charge is -2.35. The minimum Gasteiger partial charge on any atom is -0.334 e. The molecule has 1 N–H and O–H groups in total. The van der Waals surface area contributed by atoms with Crippen molar-refractivity contribution in [2.24, 2.45) is 0 Å². The Hall–Kier alpha value is -3.85. The summed E-state index contributed by atoms with van der Waals surface area (Å²) in [7, 11) is 0. The Balaban J connectivity index is 1.59. The smallest absolute Gasteiger partial charge is 0.322 e. The quantitative estimate of drug-likeness (QED) is 0.407. The van der Waals surface area contributed by atoms with Crippen molar-refractivity contribution < 1.29 is 18.1 Å². The summed E-state index contributed by atoms with van der Waals surface area (Å²) in [5.41, 5.74) is 2.53. The van der Waals surface area contributed by atoms with Crippen molar-refractivity contribution in [2.75, 3.05) is 0 Å². The lowest BCUT2D eigenvalue weighted by atomic mass is 9.94. The van der Waals surface area contributed by atoms with Crippen LogP contribution in [0.15, 0.2) is 76.3 Å². The van der Waals surface area contributed by atoms with E-state index in [0.717, 1.165) is 4.88 Å². The molecule has 6 nitrogen and oxygen atoms in total. The van der Waals surface area contributed by atoms with Crippen molar-refractivity contribution in [2.45, 2.75) is 19.5 Å². The zero-order valence-electron chi connectivity index (χ0n) is 17.5. The van der Waals surface area contributed by atoms with Crippen LogP contribution < -0.4 is 5.32 Å². The zero-order chi connectivity index (χ0) is 22.9. The van der Waals surface area contributed by atoms with Gasteiger partial charge in [-0.3, -0.25) is 4.90 Å². The summed E-state index contributed by atoms with van der Waals surface area (Å²) in [5, 5.41) is 8.99. The average Bonchev–Trinajstić information content (AvgIpc) is 3.50. The summed E-state index contributed by atoms with van der Waals surface area (Å²) in [6, 6.07) is 14.7. The first-order chi connectivity index (χ1) is 16.0. The highest BCUT2D eigenvalue weighted by Gasteiger charge is 2.36. The predicted molar refractivity (Wildman–Crippen MR) is 120 cm³/mol. The summed E-state index contributed by atoms with van der Waals surface area (Å²) >= 11 is 1.55. The van der Waals surface area contributed by atoms with Crippen LogP contribution in [0.4, 0.5) is 13.6 Å². The van der Waals surface area contributed by atoms with Gasteiger partial charge in [0.2, 0.25) is 5.82 Å². The van der Waals surface area contributed by atoms with Crippen LogP contribution in [-0.4, -0.2) is 21.1 Å². The van der Waals surface area contributed by atoms with E-state index in [1.807, 2.05) is 24.4 Å². The minimum absolute atomic E-state index is 0.220. The number of nitrogens with zero attached hydrogens (tertiary/aromatic N) is 3. The van der Waals surface area contributed by atoms with E-state index < -0.39 is 6.04 Å². The number of halogens is 2. The lowest BCUT2D eigenvalue weighted by molar-refractivity contribution is 0.203. The van der Waals surface area contributed by atoms with E-state index >= 15 is 0 Å². The summed E-state index contributed by atoms with van der Waals surface area (Å²) in [5.74, 6) is -0.224. The van der Waals surface area contributed by atoms with Gasteiger partial charge in [-0.2, -0.15) is 4.98 Å². The number of allylic oxidation sites excluding steroid dienone is 1. The molecule has 1 aliphatic rings. The van der Waals surface area contributed by atoms with Crippen molar-refractivity contribution in [3.63, 3.8) is 0 Å². The number of urea groups is 1. The summed E-state index contributed by atoms with van der Waals surface area (Å²) < 4.78 is 32.4. The molecule has 2 amide bonds. The third-order valence-corrected chi connectivity index (χ3v) is 6.31. The Morgan fingerprint density at radius 1 is 1.06 bits per heavy atom. The van der Waals surface area contributed by atoms with Gasteiger partial charge in [0.25, 0.3) is 5.89 Å². The molecule has 1 aliphatic heterocycles. The normalized spacial score (nSPS) is 16.3. The first-order valence-corrected chi connectivity index (χ1v) is 11.0. The van der Waals surface area contributed by atoms with E-state index in [1.54, 1.807) is 40.5 Å². The Morgan fingerprint density at radius 3 is 2.42 bits per heavy atom. The van der Waals surface area contributed by atoms with Gasteiger partial charge in [0.15, 0.2) is 0 Å². The van der Waals surface area contributed by atoms with Crippen LogP contribution in [0.25, 0.3) is 17.0 Å². The van der Waals surface area contributed by atoms with E-state index in [-0.39, 0.29) is 23.6 Å². The van der Waals surface area contributed by atoms with Gasteiger partial charge in [0, 0.05) is 16.1 Å². The van der Waals surface area contributed by atoms with Crippen LogP contribution in [0.5, 0.6) is 0 Å². The molecule has 166 valence electrons. The third kappa shape index (κ3) is 4.14. The van der Waals surface area contributed by atoms with Crippen molar-refractivity contribution in [3.05, 3.63) is 99.7 Å². The highest BCUT2D eigenvalue weighted by molar-refractivity contribution is 7.09. The van der Waals surface area contributed by atoms with Crippen molar-refractivity contribution in [3.8, 4) is 11.4 Å². The fourth-order valence-electron chi connectivity index (χ4n) is 3.76. The van der Waals surface area contributed by atoms with Crippen LogP contribution in [0.1, 0.15) is 29.3 Å². The third-order valence-electron chi connectivity index (χ3n) is 5.45. The Labute approximate surface area is 192 Å². The van der Waals surface area contributed by atoms with E-state index in [0.29, 0.717) is 34.8 Å². The van der Waals surface area contributed by atoms with Gasteiger partial charge in [-0.15, -0.1) is 11.3 Å². The first kappa shape index (κ1) is 21.0. The molecule has 0 fully saturated rings. The van der Waals surface area contributed by atoms with Crippen LogP contribution >= 0.6 is 11.3 Å². The van der Waals surface area contributed by atoms with E-state index in [1.165, 1.54) is 24.3 Å². The van der Waals surface area contributed by atoms with Crippen LogP contribution in [-0.2, 0) is 6.54 Å². The molecule has 0 saturated carbocycles. The van der Waals surface area contributed by atoms with Gasteiger partial charge in [0.1, 0.15) is 11.6 Å². The van der Waals surface area contributed by atoms with E-state index in [9.17, 15) is 13.6 Å². The van der Waals surface area contributed by atoms with Gasteiger partial charge in [-0.1, -0.05) is 23.4 Å². The number of carbonyl (C=O) groups excluding carboxylic acids is 1. The van der Waals surface area contributed by atoms with Gasteiger partial charge in [-0.25, -0.2) is 13.6 Å². The number of hydrogen-bond acceptors (Lipinski definition) is 5. The molecular weight excluding hydrogens is 446 g/mol. The summed E-state index contributed by atoms with van der Waals surface area (Å²) in [4.78, 5) is 20.2. The first-order valence-electron chi connectivity index (χ1n) is 10.2. The number of thiophene rings is 1. The SMILES string of the molecule is CC1=C(c2nc(-c3ccc(F)cc3)no2)C(c2ccc(F)cc2)NC(=O)N1Cc1cccs1. The fraction of sp³-hybridized carbons (Fsp3) is 0.125. The zero-order valence-corrected chi connectivity index (χ0v) is 18.3. The summed E-state index contributed by atoms with van der Waals surface area (Å²) in [6.07, 6.45) is 0. The van der Waals surface area contributed by atoms with Gasteiger partial charge in [0.05, 0.1) is 18.2 Å². The maximum Gasteiger partial charge on any atom is 0.322 e. The van der Waals surface area contributed by atoms with Crippen LogP contribution in [0.2, 0.25) is 0 Å². The molecule has 0 spiro atoms. The minimum atomic E-state index is -0.612. The van der Waals surface area contributed by atoms with Gasteiger partial charge in [-0.05, 0) is 60.3 Å². The maximum atomic E-state index is 13.5. The maximum absolute atomic E-state index is 13.5. The fourth-order valence-corrected chi connectivity index (χ4v) is 4.45. The largest absolute Gasteiger partial charge is 0.334 e. The molecule has 5 rings (SSSR count). The molecule has 0 saturated heterocycles. The molecule has 2 aromatic carbocycles. The monoisotopic (exact) mass is 464 g/mol. The van der Waals surface area contributed by atoms with Crippen molar-refractivity contribution >= 4 is 22.9 Å². The summed E-state index contributed by atoms with van der Waals surface area (Å²) in [6.45, 7) is 2.20. The van der Waals surface area contributed by atoms with E-state index in [2.05, 4.69) is 15.5 Å². The van der Waals surface area contributed by atoms with Gasteiger partial charge >= 0.3 is 6.03 Å². The second-order valence-corrected chi connectivity index (χ2v) is 8.56. The molecular formula is C24H18F2N4O2S. The Morgan fingerprint density at radius 2 is 1.76 bits per heavy atom. The molecule has 3 heterocycles. The number of benzene rings is 2. The molecule has 33 heavy (non-hydrogen) atoms. The van der Waals surface area contributed by atoms with Crippen LogP contribution in [0, 0.1) is 11.6 Å². The molecule has 0 bridgehead atoms. The topological polar surface area (TPSA) is 71.3 Å². The number of rotatable bonds is 5. The van der Waals surface area contributed by atoms with Crippen LogP contribution in [0.3, 0.4) is 0 Å². The number of nitrogens with one attached hydrogen (secondary N) is 1. The number of hydrogen-bond donors (Lipinski definition) is 1. The van der Waals surface area contributed by atoms with E-state index in [4.69, 9.17) is 4.52 Å². The molecule has 9 heteroatoms.